The highest BCUT2D eigenvalue weighted by Gasteiger charge is 2.50. The summed E-state index contributed by atoms with van der Waals surface area (Å²) in [6.07, 6.45) is 6.97. The molecule has 5 rings (SSSR count). The van der Waals surface area contributed by atoms with Crippen molar-refractivity contribution in [3.8, 4) is 0 Å². The Morgan fingerprint density at radius 2 is 1.90 bits per heavy atom. The number of carbonyl (C=O) groups is 1. The molecule has 164 valence electrons. The lowest BCUT2D eigenvalue weighted by molar-refractivity contribution is 0.0468. The van der Waals surface area contributed by atoms with Gasteiger partial charge in [-0.2, -0.15) is 21.7 Å². The normalized spacial score (nSPS) is 17.4. The summed E-state index contributed by atoms with van der Waals surface area (Å²) in [5.41, 5.74) is 1.40. The molecule has 2 fully saturated rings. The Morgan fingerprint density at radius 1 is 1.16 bits per heavy atom. The fourth-order valence-electron chi connectivity index (χ4n) is 3.90. The third-order valence-corrected chi connectivity index (χ3v) is 5.45. The Morgan fingerprint density at radius 3 is 2.65 bits per heavy atom. The number of anilines is 2. The molecule has 2 aromatic heterocycles. The summed E-state index contributed by atoms with van der Waals surface area (Å²) in [6.45, 7) is 2.16. The maximum atomic E-state index is 12.7. The molecule has 0 aliphatic carbocycles. The minimum atomic E-state index is -0.412. The van der Waals surface area contributed by atoms with Crippen LogP contribution in [0.4, 0.5) is 16.6 Å². The first-order chi connectivity index (χ1) is 15.2. The summed E-state index contributed by atoms with van der Waals surface area (Å²) >= 11 is 1.75. The molecule has 31 heavy (non-hydrogen) atoms. The van der Waals surface area contributed by atoms with Gasteiger partial charge >= 0.3 is 6.09 Å². The van der Waals surface area contributed by atoms with Crippen LogP contribution in [0.5, 0.6) is 0 Å². The molecular weight excluding hydrogens is 414 g/mol. The lowest BCUT2D eigenvalue weighted by Crippen LogP contribution is -2.51. The van der Waals surface area contributed by atoms with E-state index in [0.717, 1.165) is 23.8 Å². The van der Waals surface area contributed by atoms with Crippen LogP contribution in [0.2, 0.25) is 0 Å². The number of carbonyl (C=O) groups excluding carboxylic acids is 1. The number of H-pyrrole nitrogens is 1. The number of ether oxygens (including phenoxy) is 2. The minimum absolute atomic E-state index is 0.359. The van der Waals surface area contributed by atoms with Gasteiger partial charge in [0.2, 0.25) is 5.95 Å². The van der Waals surface area contributed by atoms with E-state index < -0.39 is 5.54 Å². The zero-order valence-corrected chi connectivity index (χ0v) is 18.6. The average molecular weight is 442 g/mol. The lowest BCUT2D eigenvalue weighted by atomic mass is 9.90. The molecule has 0 unspecified atom stereocenters. The number of aromatic nitrogens is 3. The number of thioether (sulfide) groups is 1. The van der Waals surface area contributed by atoms with Crippen molar-refractivity contribution < 1.29 is 14.3 Å². The van der Waals surface area contributed by atoms with E-state index in [1.165, 1.54) is 0 Å². The number of cyclic esters (lactones) is 1. The van der Waals surface area contributed by atoms with Crippen LogP contribution < -0.4 is 10.2 Å². The van der Waals surface area contributed by atoms with Gasteiger partial charge in [0, 0.05) is 26.0 Å². The molecule has 0 bridgehead atoms. The first-order valence-corrected chi connectivity index (χ1v) is 11.9. The first-order valence-electron chi connectivity index (χ1n) is 10.2. The molecule has 0 radical (unpaired) electrons. The maximum absolute atomic E-state index is 12.7. The van der Waals surface area contributed by atoms with Crippen molar-refractivity contribution in [1.29, 1.82) is 0 Å². The van der Waals surface area contributed by atoms with Crippen LogP contribution >= 0.6 is 11.8 Å². The Bertz CT molecular complexity index is 1020. The zero-order chi connectivity index (χ0) is 21.7. The number of nitrogens with one attached hydrogen (secondary N) is 2. The highest BCUT2D eigenvalue weighted by molar-refractivity contribution is 7.97. The number of hydrogen-bond donors (Lipinski definition) is 2. The highest BCUT2D eigenvalue weighted by Crippen LogP contribution is 2.39. The largest absolute Gasteiger partial charge is 0.447 e. The van der Waals surface area contributed by atoms with Crippen molar-refractivity contribution in [3.05, 3.63) is 48.2 Å². The van der Waals surface area contributed by atoms with Gasteiger partial charge < -0.3 is 19.8 Å². The van der Waals surface area contributed by atoms with E-state index in [0.29, 0.717) is 43.8 Å². The van der Waals surface area contributed by atoms with Crippen molar-refractivity contribution in [2.75, 3.05) is 42.5 Å². The van der Waals surface area contributed by atoms with E-state index in [9.17, 15) is 4.79 Å². The van der Waals surface area contributed by atoms with Gasteiger partial charge in [0.1, 0.15) is 12.3 Å². The molecule has 2 aliphatic heterocycles. The monoisotopic (exact) mass is 441 g/mol. The quantitative estimate of drug-likeness (QED) is 0.631. The van der Waals surface area contributed by atoms with Crippen LogP contribution in [0.25, 0.3) is 11.0 Å². The molecule has 9 heteroatoms. The maximum Gasteiger partial charge on any atom is 0.416 e. The number of aromatic amines is 1. The van der Waals surface area contributed by atoms with Crippen molar-refractivity contribution in [3.63, 3.8) is 0 Å². The van der Waals surface area contributed by atoms with Crippen molar-refractivity contribution in [2.24, 2.45) is 0 Å². The molecule has 2 N–H and O–H groups in total. The average Bonchev–Trinajstić information content (AvgIpc) is 3.38. The number of nitrogens with zero attached hydrogens (tertiary/aromatic N) is 3. The van der Waals surface area contributed by atoms with Gasteiger partial charge in [-0.05, 0) is 37.0 Å². The van der Waals surface area contributed by atoms with E-state index in [1.54, 1.807) is 16.7 Å². The Balaban J connectivity index is 0.000000730. The van der Waals surface area contributed by atoms with Gasteiger partial charge in [0.15, 0.2) is 5.82 Å². The van der Waals surface area contributed by atoms with Gasteiger partial charge in [-0.15, -0.1) is 0 Å². The Labute approximate surface area is 185 Å². The molecule has 3 aromatic rings. The highest BCUT2D eigenvalue weighted by atomic mass is 32.2. The van der Waals surface area contributed by atoms with Crippen LogP contribution in [-0.2, 0) is 16.0 Å². The van der Waals surface area contributed by atoms with E-state index in [2.05, 4.69) is 15.3 Å². The van der Waals surface area contributed by atoms with E-state index in [-0.39, 0.29) is 6.09 Å². The fourth-order valence-corrected chi connectivity index (χ4v) is 3.90. The predicted octanol–water partition coefficient (Wildman–Crippen LogP) is 4.06. The molecule has 0 saturated carbocycles. The fraction of sp³-hybridized carbons (Fsp3) is 0.409. The van der Waals surface area contributed by atoms with Crippen LogP contribution in [-0.4, -0.2) is 58.9 Å². The summed E-state index contributed by atoms with van der Waals surface area (Å²) in [5, 5.41) is 4.07. The molecule has 2 aliphatic rings. The molecule has 1 aromatic carbocycles. The predicted molar refractivity (Wildman–Crippen MR) is 124 cm³/mol. The second-order valence-corrected chi connectivity index (χ2v) is 8.40. The van der Waals surface area contributed by atoms with E-state index >= 15 is 0 Å². The third-order valence-electron chi connectivity index (χ3n) is 5.45. The molecule has 8 nitrogen and oxygen atoms in total. The molecule has 0 atom stereocenters. The van der Waals surface area contributed by atoms with Crippen LogP contribution in [0.15, 0.2) is 42.6 Å². The summed E-state index contributed by atoms with van der Waals surface area (Å²) in [6, 6.07) is 11.9. The number of fused-ring (bicyclic) bond motifs is 1. The second kappa shape index (κ2) is 9.57. The van der Waals surface area contributed by atoms with Crippen LogP contribution in [0, 0.1) is 0 Å². The Kier molecular flexibility index (Phi) is 6.62. The number of benzene rings is 1. The number of amides is 1. The molecule has 1 amide bonds. The topological polar surface area (TPSA) is 92.4 Å². The molecule has 2 saturated heterocycles. The smallest absolute Gasteiger partial charge is 0.416 e. The van der Waals surface area contributed by atoms with E-state index in [1.807, 2.05) is 55.1 Å². The van der Waals surface area contributed by atoms with Crippen molar-refractivity contribution in [2.45, 2.75) is 24.9 Å². The summed E-state index contributed by atoms with van der Waals surface area (Å²) in [4.78, 5) is 26.8. The second-order valence-electron chi connectivity index (χ2n) is 7.58. The summed E-state index contributed by atoms with van der Waals surface area (Å²) in [7, 11) is 0. The minimum Gasteiger partial charge on any atom is -0.447 e. The molecule has 1 spiro atoms. The first kappa shape index (κ1) is 21.5. The van der Waals surface area contributed by atoms with Gasteiger partial charge in [-0.25, -0.2) is 4.79 Å². The Hall–Kier alpha value is -2.78. The van der Waals surface area contributed by atoms with Crippen LogP contribution in [0.3, 0.4) is 0 Å². The zero-order valence-electron chi connectivity index (χ0n) is 17.8. The summed E-state index contributed by atoms with van der Waals surface area (Å²) < 4.78 is 11.0. The molecular formula is C22H27N5O3S. The SMILES string of the molecule is CSC.O=C1OCC2(CCOCC2)N1c1nc(NCc2ccccc2)nc2[nH]ccc12. The summed E-state index contributed by atoms with van der Waals surface area (Å²) in [5.74, 6) is 1.04. The van der Waals surface area contributed by atoms with Crippen LogP contribution in [0.1, 0.15) is 18.4 Å². The van der Waals surface area contributed by atoms with Gasteiger partial charge in [0.05, 0.1) is 10.9 Å². The van der Waals surface area contributed by atoms with Gasteiger partial charge in [0.25, 0.3) is 0 Å². The number of hydrogen-bond acceptors (Lipinski definition) is 7. The van der Waals surface area contributed by atoms with Crippen molar-refractivity contribution >= 4 is 40.7 Å². The van der Waals surface area contributed by atoms with Gasteiger partial charge in [-0.3, -0.25) is 4.90 Å². The van der Waals surface area contributed by atoms with Crippen molar-refractivity contribution in [1.82, 2.24) is 15.0 Å². The standard InChI is InChI=1S/C20H21N5O3.C2H6S/c26-19-25(20(13-28-19)7-10-27-11-8-20)17-15-6-9-21-16(15)23-18(24-17)22-12-14-4-2-1-3-5-14;1-3-2/h1-6,9H,7-8,10-13H2,(H2,21,22,23,24);1-2H3. The molecule has 4 heterocycles. The third kappa shape index (κ3) is 4.47. The number of rotatable bonds is 4. The van der Waals surface area contributed by atoms with E-state index in [4.69, 9.17) is 14.5 Å². The lowest BCUT2D eigenvalue weighted by Gasteiger charge is -2.37. The van der Waals surface area contributed by atoms with Gasteiger partial charge in [-0.1, -0.05) is 30.3 Å².